The number of carbonyl (C=O) groups excluding carboxylic acids is 1. The van der Waals surface area contributed by atoms with Crippen LogP contribution in [0.2, 0.25) is 0 Å². The normalized spacial score (nSPS) is 27.3. The van der Waals surface area contributed by atoms with Crippen LogP contribution in [0.5, 0.6) is 0 Å². The number of methoxy groups -OCH3 is 1. The minimum atomic E-state index is -0.340. The van der Waals surface area contributed by atoms with Crippen LogP contribution in [0.3, 0.4) is 0 Å². The lowest BCUT2D eigenvalue weighted by molar-refractivity contribution is -0.135. The summed E-state index contributed by atoms with van der Waals surface area (Å²) in [6, 6.07) is 0. The van der Waals surface area contributed by atoms with E-state index in [1.165, 1.54) is 7.11 Å². The molecule has 2 heterocycles. The fourth-order valence-electron chi connectivity index (χ4n) is 2.18. The largest absolute Gasteiger partial charge is 0.465 e. The van der Waals surface area contributed by atoms with Crippen LogP contribution in [0.1, 0.15) is 0 Å². The minimum Gasteiger partial charge on any atom is -0.465 e. The molecule has 3 aliphatic rings. The number of hydrogen-bond donors (Lipinski definition) is 0. The van der Waals surface area contributed by atoms with Gasteiger partial charge in [0.1, 0.15) is 6.10 Å². The van der Waals surface area contributed by atoms with Crippen molar-refractivity contribution in [3.63, 3.8) is 0 Å². The molecule has 3 rings (SSSR count). The Bertz CT molecular complexity index is 632. The van der Waals surface area contributed by atoms with Gasteiger partial charge in [-0.15, -0.1) is 0 Å². The molecule has 4 heteroatoms. The first-order valence-corrected chi connectivity index (χ1v) is 7.08. The summed E-state index contributed by atoms with van der Waals surface area (Å²) in [6.45, 7) is 0. The van der Waals surface area contributed by atoms with Crippen LogP contribution in [-0.2, 0) is 14.3 Å². The third kappa shape index (κ3) is 2.62. The summed E-state index contributed by atoms with van der Waals surface area (Å²) in [7, 11) is 1.38. The molecule has 0 radical (unpaired) electrons. The number of rotatable bonds is 1. The molecular formula is C16H13BrO3. The average Bonchev–Trinajstić information content (AvgIpc) is 3.05. The SMILES string of the molecule is COC(=O)C1=CC=CC2C=CC(Br)=CC=C3C(=C1)C3O2. The smallest absolute Gasteiger partial charge is 0.337 e. The van der Waals surface area contributed by atoms with Crippen molar-refractivity contribution in [2.45, 2.75) is 12.2 Å². The Balaban J connectivity index is 2.06. The van der Waals surface area contributed by atoms with E-state index in [0.717, 1.165) is 15.6 Å². The first kappa shape index (κ1) is 13.3. The number of carbonyl (C=O) groups is 1. The fraction of sp³-hybridized carbons (Fsp3) is 0.188. The second-order valence-electron chi connectivity index (χ2n) is 4.61. The molecule has 1 fully saturated rings. The summed E-state index contributed by atoms with van der Waals surface area (Å²) in [5.74, 6) is -0.340. The summed E-state index contributed by atoms with van der Waals surface area (Å²) in [5.41, 5.74) is 2.66. The van der Waals surface area contributed by atoms with E-state index in [4.69, 9.17) is 9.47 Å². The molecule has 20 heavy (non-hydrogen) atoms. The van der Waals surface area contributed by atoms with Gasteiger partial charge >= 0.3 is 5.97 Å². The standard InChI is InChI=1S/C16H13BrO3/c1-19-16(18)10-3-2-4-12-7-5-11(17)6-8-13-14(9-10)15(13)20-12/h2-9,12,15H,1H3. The molecule has 2 aliphatic heterocycles. The molecule has 3 nitrogen and oxygen atoms in total. The second kappa shape index (κ2) is 5.38. The summed E-state index contributed by atoms with van der Waals surface area (Å²) in [4.78, 5) is 11.7. The van der Waals surface area contributed by atoms with Gasteiger partial charge in [0.05, 0.1) is 18.8 Å². The Morgan fingerprint density at radius 3 is 2.90 bits per heavy atom. The molecule has 102 valence electrons. The van der Waals surface area contributed by atoms with Gasteiger partial charge in [0.25, 0.3) is 0 Å². The number of esters is 1. The third-order valence-corrected chi connectivity index (χ3v) is 3.81. The van der Waals surface area contributed by atoms with Gasteiger partial charge in [0.2, 0.25) is 0 Å². The van der Waals surface area contributed by atoms with Crippen LogP contribution in [0.4, 0.5) is 0 Å². The predicted octanol–water partition coefficient (Wildman–Crippen LogP) is 3.12. The van der Waals surface area contributed by atoms with Gasteiger partial charge in [-0.1, -0.05) is 40.2 Å². The van der Waals surface area contributed by atoms with Gasteiger partial charge in [0.15, 0.2) is 0 Å². The number of hydrogen-bond acceptors (Lipinski definition) is 3. The van der Waals surface area contributed by atoms with Crippen molar-refractivity contribution in [2.24, 2.45) is 0 Å². The maximum Gasteiger partial charge on any atom is 0.337 e. The second-order valence-corrected chi connectivity index (χ2v) is 5.53. The Morgan fingerprint density at radius 2 is 2.10 bits per heavy atom. The highest BCUT2D eigenvalue weighted by Crippen LogP contribution is 2.43. The van der Waals surface area contributed by atoms with Crippen LogP contribution in [0.15, 0.2) is 69.8 Å². The van der Waals surface area contributed by atoms with Crippen molar-refractivity contribution in [1.29, 1.82) is 0 Å². The zero-order chi connectivity index (χ0) is 14.1. The van der Waals surface area contributed by atoms with Crippen LogP contribution in [0, 0.1) is 0 Å². The molecule has 1 saturated carbocycles. The molecule has 0 spiro atoms. The van der Waals surface area contributed by atoms with E-state index >= 15 is 0 Å². The van der Waals surface area contributed by atoms with Crippen LogP contribution >= 0.6 is 15.9 Å². The van der Waals surface area contributed by atoms with Crippen molar-refractivity contribution >= 4 is 21.9 Å². The Morgan fingerprint density at radius 1 is 1.25 bits per heavy atom. The average molecular weight is 333 g/mol. The first-order chi connectivity index (χ1) is 9.69. The maximum atomic E-state index is 11.7. The fourth-order valence-corrected chi connectivity index (χ4v) is 2.46. The van der Waals surface area contributed by atoms with E-state index < -0.39 is 0 Å². The molecule has 0 aromatic rings. The lowest BCUT2D eigenvalue weighted by Crippen LogP contribution is -2.08. The van der Waals surface area contributed by atoms with E-state index in [1.54, 1.807) is 6.08 Å². The molecule has 0 amide bonds. The predicted molar refractivity (Wildman–Crippen MR) is 80.2 cm³/mol. The quantitative estimate of drug-likeness (QED) is 0.692. The van der Waals surface area contributed by atoms with E-state index in [9.17, 15) is 4.79 Å². The highest BCUT2D eigenvalue weighted by Gasteiger charge is 2.40. The topological polar surface area (TPSA) is 35.5 Å². The third-order valence-electron chi connectivity index (χ3n) is 3.28. The first-order valence-electron chi connectivity index (χ1n) is 6.29. The minimum absolute atomic E-state index is 0.0462. The lowest BCUT2D eigenvalue weighted by atomic mass is 10.2. The zero-order valence-corrected chi connectivity index (χ0v) is 12.5. The number of allylic oxidation sites excluding steroid dienone is 6. The van der Waals surface area contributed by atoms with E-state index in [-0.39, 0.29) is 18.2 Å². The number of fused-ring (bicyclic) bond motifs is 2. The zero-order valence-electron chi connectivity index (χ0n) is 10.9. The Kier molecular flexibility index (Phi) is 3.59. The van der Waals surface area contributed by atoms with Crippen molar-refractivity contribution in [2.75, 3.05) is 7.11 Å². The van der Waals surface area contributed by atoms with Crippen LogP contribution in [-0.4, -0.2) is 25.3 Å². The van der Waals surface area contributed by atoms with Gasteiger partial charge in [-0.2, -0.15) is 0 Å². The van der Waals surface area contributed by atoms with Gasteiger partial charge in [-0.25, -0.2) is 4.79 Å². The summed E-state index contributed by atoms with van der Waals surface area (Å²) in [6.07, 6.45) is 15.1. The van der Waals surface area contributed by atoms with Crippen molar-refractivity contribution in [3.05, 3.63) is 69.8 Å². The van der Waals surface area contributed by atoms with E-state index in [1.807, 2.05) is 42.5 Å². The Hall–Kier alpha value is -1.65. The monoisotopic (exact) mass is 332 g/mol. The summed E-state index contributed by atoms with van der Waals surface area (Å²) >= 11 is 3.48. The molecule has 0 aromatic carbocycles. The lowest BCUT2D eigenvalue weighted by Gasteiger charge is -2.07. The van der Waals surface area contributed by atoms with Gasteiger partial charge < -0.3 is 9.47 Å². The van der Waals surface area contributed by atoms with Crippen molar-refractivity contribution in [3.8, 4) is 0 Å². The number of halogens is 1. The van der Waals surface area contributed by atoms with Crippen molar-refractivity contribution in [1.82, 2.24) is 0 Å². The van der Waals surface area contributed by atoms with Gasteiger partial charge in [0, 0.05) is 4.48 Å². The van der Waals surface area contributed by atoms with Crippen LogP contribution < -0.4 is 0 Å². The van der Waals surface area contributed by atoms with Crippen molar-refractivity contribution < 1.29 is 14.3 Å². The Labute approximate surface area is 125 Å². The molecule has 2 atom stereocenters. The van der Waals surface area contributed by atoms with Gasteiger partial charge in [-0.05, 0) is 35.5 Å². The summed E-state index contributed by atoms with van der Waals surface area (Å²) in [5, 5.41) is 0. The summed E-state index contributed by atoms with van der Waals surface area (Å²) < 4.78 is 11.8. The molecular weight excluding hydrogens is 320 g/mol. The molecule has 2 bridgehead atoms. The highest BCUT2D eigenvalue weighted by molar-refractivity contribution is 9.11. The molecule has 0 N–H and O–H groups in total. The molecule has 0 aromatic heterocycles. The van der Waals surface area contributed by atoms with E-state index in [2.05, 4.69) is 15.9 Å². The maximum absolute atomic E-state index is 11.7. The number of ether oxygens (including phenoxy) is 2. The van der Waals surface area contributed by atoms with Crippen LogP contribution in [0.25, 0.3) is 0 Å². The molecule has 0 saturated heterocycles. The molecule has 2 unspecified atom stereocenters. The van der Waals surface area contributed by atoms with Gasteiger partial charge in [-0.3, -0.25) is 0 Å². The van der Waals surface area contributed by atoms with E-state index in [0.29, 0.717) is 5.57 Å². The molecule has 1 aliphatic carbocycles. The highest BCUT2D eigenvalue weighted by atomic mass is 79.9.